The van der Waals surface area contributed by atoms with E-state index < -0.39 is 52.9 Å². The van der Waals surface area contributed by atoms with E-state index in [9.17, 15) is 40.6 Å². The summed E-state index contributed by atoms with van der Waals surface area (Å²) in [5, 5.41) is 11.0. The molecule has 0 atom stereocenters. The van der Waals surface area contributed by atoms with Gasteiger partial charge in [0.2, 0.25) is 0 Å². The topological polar surface area (TPSA) is 53.0 Å². The molecule has 0 aliphatic rings. The molecule has 0 aliphatic carbocycles. The molecule has 1 rings (SSSR count). The van der Waals surface area contributed by atoms with Gasteiger partial charge in [-0.05, 0) is 6.08 Å². The Morgan fingerprint density at radius 1 is 1.05 bits per heavy atom. The Kier molecular flexibility index (Phi) is 3.82. The van der Waals surface area contributed by atoms with Crippen molar-refractivity contribution in [3.63, 3.8) is 0 Å². The quantitative estimate of drug-likeness (QED) is 0.358. The summed E-state index contributed by atoms with van der Waals surface area (Å²) in [7, 11) is 0. The molecule has 1 aromatic heterocycles. The van der Waals surface area contributed by atoms with Crippen LogP contribution in [0.4, 0.5) is 30.7 Å². The van der Waals surface area contributed by atoms with Gasteiger partial charge in [-0.1, -0.05) is 5.76 Å². The number of carbonyl (C=O) groups excluding carboxylic acids is 1. The highest BCUT2D eigenvalue weighted by atomic mass is 19.4. The average molecular weight is 288 g/mol. The molecule has 10 heteroatoms. The molecule has 0 aliphatic heterocycles. The van der Waals surface area contributed by atoms with Crippen molar-refractivity contribution in [2.24, 2.45) is 0 Å². The molecule has 0 bridgehead atoms. The van der Waals surface area contributed by atoms with Crippen molar-refractivity contribution in [2.45, 2.75) is 6.18 Å². The van der Waals surface area contributed by atoms with Crippen molar-refractivity contribution in [3.8, 4) is 0 Å². The van der Waals surface area contributed by atoms with Gasteiger partial charge in [-0.15, -0.1) is 0 Å². The van der Waals surface area contributed by atoms with Gasteiger partial charge in [0.05, 0.1) is 0 Å². The third kappa shape index (κ3) is 3.01. The van der Waals surface area contributed by atoms with Crippen molar-refractivity contribution in [3.05, 3.63) is 35.2 Å². The Morgan fingerprint density at radius 3 is 1.84 bits per heavy atom. The summed E-state index contributed by atoms with van der Waals surface area (Å²) in [6, 6.07) is 0. The first kappa shape index (κ1) is 14.9. The van der Waals surface area contributed by atoms with Gasteiger partial charge >= 0.3 is 6.18 Å². The first-order valence-electron chi connectivity index (χ1n) is 4.26. The van der Waals surface area contributed by atoms with E-state index in [0.29, 0.717) is 0 Å². The molecule has 0 saturated carbocycles. The Bertz CT molecular complexity index is 538. The summed E-state index contributed by atoms with van der Waals surface area (Å²) in [5.74, 6) is -13.9. The molecule has 0 amide bonds. The van der Waals surface area contributed by atoms with Crippen LogP contribution < -0.4 is 5.11 Å². The summed E-state index contributed by atoms with van der Waals surface area (Å²) in [4.78, 5) is 12.5. The lowest BCUT2D eigenvalue weighted by Crippen LogP contribution is -2.22. The van der Waals surface area contributed by atoms with Crippen LogP contribution >= 0.6 is 0 Å². The fourth-order valence-electron chi connectivity index (χ4n) is 0.976. The zero-order valence-electron chi connectivity index (χ0n) is 8.49. The van der Waals surface area contributed by atoms with Crippen molar-refractivity contribution >= 4 is 11.5 Å². The maximum Gasteiger partial charge on any atom is 0.454 e. The molecule has 0 fully saturated rings. The molecule has 0 unspecified atom stereocenters. The summed E-state index contributed by atoms with van der Waals surface area (Å²) in [6.07, 6.45) is -6.19. The minimum Gasteiger partial charge on any atom is -0.872 e. The minimum absolute atomic E-state index is 0.722. The Morgan fingerprint density at radius 2 is 1.47 bits per heavy atom. The number of alkyl halides is 3. The first-order chi connectivity index (χ1) is 8.55. The third-order valence-electron chi connectivity index (χ3n) is 1.79. The van der Waals surface area contributed by atoms with E-state index in [-0.39, 0.29) is 0 Å². The number of aromatic nitrogens is 1. The number of nitrogens with zero attached hydrogens (tertiary/aromatic N) is 1. The summed E-state index contributed by atoms with van der Waals surface area (Å²) < 4.78 is 86.5. The molecule has 1 heterocycles. The highest BCUT2D eigenvalue weighted by Crippen LogP contribution is 2.23. The van der Waals surface area contributed by atoms with Crippen LogP contribution in [0.15, 0.2) is 6.08 Å². The van der Waals surface area contributed by atoms with Crippen molar-refractivity contribution in [2.75, 3.05) is 0 Å². The van der Waals surface area contributed by atoms with Crippen LogP contribution in [0.2, 0.25) is 0 Å². The van der Waals surface area contributed by atoms with E-state index in [1.54, 1.807) is 0 Å². The molecule has 3 nitrogen and oxygen atoms in total. The van der Waals surface area contributed by atoms with Gasteiger partial charge in [0.25, 0.3) is 17.7 Å². The predicted octanol–water partition coefficient (Wildman–Crippen LogP) is 1.47. The lowest BCUT2D eigenvalue weighted by molar-refractivity contribution is -0.245. The summed E-state index contributed by atoms with van der Waals surface area (Å²) in [6.45, 7) is 0. The molecular weight excluding hydrogens is 287 g/mol. The van der Waals surface area contributed by atoms with E-state index in [4.69, 9.17) is 0 Å². The average Bonchev–Trinajstić information content (AvgIpc) is 2.25. The maximum atomic E-state index is 13.0. The van der Waals surface area contributed by atoms with Gasteiger partial charge < -0.3 is 5.11 Å². The lowest BCUT2D eigenvalue weighted by Gasteiger charge is -2.14. The van der Waals surface area contributed by atoms with Crippen LogP contribution in [0.3, 0.4) is 0 Å². The minimum atomic E-state index is -5.47. The molecule has 0 aromatic carbocycles. The fraction of sp³-hybridized carbons (Fsp3) is 0.111. The van der Waals surface area contributed by atoms with Gasteiger partial charge in [-0.3, -0.25) is 4.79 Å². The standard InChI is InChI=1S/C9H2F7NO2/c10-5-4(6(11)8(13)17-7(5)12)2(18)1-3(19)9(14,15)16/h1,18H/p-1/b2-1-. The van der Waals surface area contributed by atoms with Crippen LogP contribution in [0, 0.1) is 23.5 Å². The normalized spacial score (nSPS) is 12.7. The SMILES string of the molecule is O=C(/C=C(\[O-])c1c(F)c(F)nc(F)c1F)C(F)(F)F. The van der Waals surface area contributed by atoms with E-state index in [1.165, 1.54) is 0 Å². The molecule has 19 heavy (non-hydrogen) atoms. The predicted molar refractivity (Wildman–Crippen MR) is 43.1 cm³/mol. The molecule has 0 N–H and O–H groups in total. The molecule has 0 radical (unpaired) electrons. The van der Waals surface area contributed by atoms with E-state index in [2.05, 4.69) is 4.98 Å². The maximum absolute atomic E-state index is 13.0. The monoisotopic (exact) mass is 288 g/mol. The van der Waals surface area contributed by atoms with Crippen molar-refractivity contribution in [1.29, 1.82) is 0 Å². The Balaban J connectivity index is 3.39. The van der Waals surface area contributed by atoms with Gasteiger partial charge in [0.1, 0.15) is 0 Å². The Labute approximate surface area is 99.5 Å². The molecule has 0 spiro atoms. The highest BCUT2D eigenvalue weighted by Gasteiger charge is 2.36. The van der Waals surface area contributed by atoms with Crippen LogP contribution in [0.1, 0.15) is 5.56 Å². The zero-order chi connectivity index (χ0) is 15.0. The molecule has 0 saturated heterocycles. The molecular formula is C9HF7NO2-. The van der Waals surface area contributed by atoms with Crippen LogP contribution in [0.25, 0.3) is 5.76 Å². The number of ketones is 1. The third-order valence-corrected chi connectivity index (χ3v) is 1.79. The zero-order valence-corrected chi connectivity index (χ0v) is 8.49. The van der Waals surface area contributed by atoms with Crippen molar-refractivity contribution in [1.82, 2.24) is 4.98 Å². The Hall–Kier alpha value is -2.13. The lowest BCUT2D eigenvalue weighted by atomic mass is 10.1. The van der Waals surface area contributed by atoms with Crippen LogP contribution in [-0.4, -0.2) is 16.9 Å². The second kappa shape index (κ2) is 4.86. The van der Waals surface area contributed by atoms with Gasteiger partial charge in [0, 0.05) is 5.56 Å². The van der Waals surface area contributed by atoms with Crippen LogP contribution in [0.5, 0.6) is 0 Å². The number of hydrogen-bond acceptors (Lipinski definition) is 3. The number of pyridine rings is 1. The highest BCUT2D eigenvalue weighted by molar-refractivity contribution is 5.98. The number of hydrogen-bond donors (Lipinski definition) is 0. The van der Waals surface area contributed by atoms with Gasteiger partial charge in [0.15, 0.2) is 11.6 Å². The number of halogens is 7. The summed E-state index contributed by atoms with van der Waals surface area (Å²) in [5.41, 5.74) is -1.97. The number of carbonyl (C=O) groups is 1. The summed E-state index contributed by atoms with van der Waals surface area (Å²) >= 11 is 0. The van der Waals surface area contributed by atoms with E-state index in [0.717, 1.165) is 0 Å². The molecule has 1 aromatic rings. The number of rotatable bonds is 2. The second-order valence-electron chi connectivity index (χ2n) is 3.07. The second-order valence-corrected chi connectivity index (χ2v) is 3.07. The fourth-order valence-corrected chi connectivity index (χ4v) is 0.976. The van der Waals surface area contributed by atoms with E-state index >= 15 is 0 Å². The van der Waals surface area contributed by atoms with Crippen LogP contribution in [-0.2, 0) is 4.79 Å². The first-order valence-corrected chi connectivity index (χ1v) is 4.26. The smallest absolute Gasteiger partial charge is 0.454 e. The van der Waals surface area contributed by atoms with Gasteiger partial charge in [-0.25, -0.2) is 8.78 Å². The van der Waals surface area contributed by atoms with E-state index in [1.807, 2.05) is 0 Å². The molecule has 104 valence electrons. The number of allylic oxidation sites excluding steroid dienone is 1. The van der Waals surface area contributed by atoms with Crippen molar-refractivity contribution < 1.29 is 40.6 Å². The largest absolute Gasteiger partial charge is 0.872 e. The van der Waals surface area contributed by atoms with Gasteiger partial charge in [-0.2, -0.15) is 26.9 Å².